The van der Waals surface area contributed by atoms with Crippen LogP contribution < -0.4 is 0 Å². The van der Waals surface area contributed by atoms with Crippen LogP contribution in [0, 0.1) is 90.7 Å². The molecule has 0 amide bonds. The van der Waals surface area contributed by atoms with Crippen LogP contribution in [0.5, 0.6) is 0 Å². The molecule has 0 spiro atoms. The van der Waals surface area contributed by atoms with E-state index in [1.165, 1.54) is 231 Å². The van der Waals surface area contributed by atoms with E-state index >= 15 is 0 Å². The van der Waals surface area contributed by atoms with Crippen LogP contribution in [0.4, 0.5) is 0 Å². The van der Waals surface area contributed by atoms with E-state index in [0.717, 1.165) is 47.3 Å². The molecular formula is C76H152. The standard InChI is InChI=1S/2C11H22.2C10H20.2C9H18.2C8H16/c2*1-11(2,3)9-10-7-5-4-6-8-10;2*1-10(2,3)8-9-6-4-5-7-9;2*1-9(2,3)7-8-5-4-6-8;2*1-8(2,3)6-7-4-5-7/h2*10H,4-9H2,1-3H3;2*9H,4-8H2,1-3H3;2*8H,4-7H2,1-3H3;2*7H,4-6H2,1-3H3. The number of hydrogen-bond acceptors (Lipinski definition) is 0. The second-order valence-corrected chi connectivity index (χ2v) is 37.9. The molecule has 8 aliphatic rings. The van der Waals surface area contributed by atoms with Crippen molar-refractivity contribution in [1.82, 2.24) is 0 Å². The maximum absolute atomic E-state index is 2.36. The van der Waals surface area contributed by atoms with Gasteiger partial charge in [0.1, 0.15) is 0 Å². The van der Waals surface area contributed by atoms with Crippen LogP contribution >= 0.6 is 0 Å². The highest BCUT2D eigenvalue weighted by atomic mass is 14.3. The topological polar surface area (TPSA) is 0 Å². The van der Waals surface area contributed by atoms with Crippen molar-refractivity contribution in [3.05, 3.63) is 0 Å². The van der Waals surface area contributed by atoms with Crippen LogP contribution in [0.1, 0.15) is 397 Å². The lowest BCUT2D eigenvalue weighted by molar-refractivity contribution is 0.207. The second-order valence-electron chi connectivity index (χ2n) is 37.9. The minimum atomic E-state index is 0.558. The molecule has 8 fully saturated rings. The molecule has 0 unspecified atom stereocenters. The summed E-state index contributed by atoms with van der Waals surface area (Å²) in [6.45, 7) is 56.3. The van der Waals surface area contributed by atoms with Crippen LogP contribution in [-0.4, -0.2) is 0 Å². The monoisotopic (exact) mass is 1070 g/mol. The molecule has 0 aliphatic heterocycles. The zero-order chi connectivity index (χ0) is 58.1. The van der Waals surface area contributed by atoms with Crippen LogP contribution in [0.2, 0.25) is 0 Å². The van der Waals surface area contributed by atoms with E-state index in [4.69, 9.17) is 0 Å². The van der Waals surface area contributed by atoms with Gasteiger partial charge in [0.2, 0.25) is 0 Å². The molecule has 8 saturated carbocycles. The predicted molar refractivity (Wildman–Crippen MR) is 350 cm³/mol. The van der Waals surface area contributed by atoms with E-state index in [2.05, 4.69) is 166 Å². The molecule has 76 heavy (non-hydrogen) atoms. The molecule has 0 aromatic heterocycles. The Bertz CT molecular complexity index is 1230. The summed E-state index contributed by atoms with van der Waals surface area (Å²) in [6.07, 6.45) is 53.3. The van der Waals surface area contributed by atoms with Crippen molar-refractivity contribution >= 4 is 0 Å². The van der Waals surface area contributed by atoms with Crippen molar-refractivity contribution in [3.63, 3.8) is 0 Å². The third-order valence-corrected chi connectivity index (χ3v) is 17.5. The van der Waals surface area contributed by atoms with E-state index in [-0.39, 0.29) is 0 Å². The summed E-state index contributed by atoms with van der Waals surface area (Å²) >= 11 is 0. The zero-order valence-electron chi connectivity index (χ0n) is 58.1. The van der Waals surface area contributed by atoms with E-state index in [0.29, 0.717) is 43.3 Å². The van der Waals surface area contributed by atoms with Crippen LogP contribution in [0.3, 0.4) is 0 Å². The average molecular weight is 1070 g/mol. The van der Waals surface area contributed by atoms with Gasteiger partial charge in [-0.1, -0.05) is 346 Å². The van der Waals surface area contributed by atoms with Crippen LogP contribution in [-0.2, 0) is 0 Å². The number of rotatable bonds is 8. The van der Waals surface area contributed by atoms with Gasteiger partial charge in [0.25, 0.3) is 0 Å². The van der Waals surface area contributed by atoms with Gasteiger partial charge in [-0.2, -0.15) is 0 Å². The summed E-state index contributed by atoms with van der Waals surface area (Å²) in [4.78, 5) is 0. The maximum atomic E-state index is 2.36. The average Bonchev–Trinajstić information content (AvgIpc) is 4.07. The van der Waals surface area contributed by atoms with Crippen LogP contribution in [0.15, 0.2) is 0 Å². The van der Waals surface area contributed by atoms with Gasteiger partial charge in [-0.3, -0.25) is 0 Å². The molecule has 0 bridgehead atoms. The Morgan fingerprint density at radius 3 is 0.329 bits per heavy atom. The van der Waals surface area contributed by atoms with Crippen molar-refractivity contribution in [3.8, 4) is 0 Å². The molecule has 456 valence electrons. The highest BCUT2D eigenvalue weighted by Gasteiger charge is 2.29. The summed E-state index contributed by atoms with van der Waals surface area (Å²) in [6, 6.07) is 0. The number of hydrogen-bond donors (Lipinski definition) is 0. The fraction of sp³-hybridized carbons (Fsp3) is 1.00. The van der Waals surface area contributed by atoms with Gasteiger partial charge in [-0.05, 0) is 142 Å². The minimum Gasteiger partial charge on any atom is -0.0602 e. The first kappa shape index (κ1) is 74.0. The normalized spacial score (nSPS) is 21.8. The fourth-order valence-electron chi connectivity index (χ4n) is 14.2. The third kappa shape index (κ3) is 50.9. The lowest BCUT2D eigenvalue weighted by Crippen LogP contribution is -2.18. The Balaban J connectivity index is 0.000000435. The molecule has 0 N–H and O–H groups in total. The van der Waals surface area contributed by atoms with Gasteiger partial charge >= 0.3 is 0 Å². The highest BCUT2D eigenvalue weighted by Crippen LogP contribution is 2.42. The molecule has 0 heterocycles. The van der Waals surface area contributed by atoms with Gasteiger partial charge < -0.3 is 0 Å². The van der Waals surface area contributed by atoms with Gasteiger partial charge in [-0.25, -0.2) is 0 Å². The van der Waals surface area contributed by atoms with Gasteiger partial charge in [0.15, 0.2) is 0 Å². The maximum Gasteiger partial charge on any atom is -0.0380 e. The van der Waals surface area contributed by atoms with Gasteiger partial charge in [-0.15, -0.1) is 0 Å². The Labute approximate surface area is 485 Å². The molecule has 0 saturated heterocycles. The summed E-state index contributed by atoms with van der Waals surface area (Å²) < 4.78 is 0. The smallest absolute Gasteiger partial charge is 0.0380 e. The minimum absolute atomic E-state index is 0.558. The highest BCUT2D eigenvalue weighted by molar-refractivity contribution is 4.81. The molecule has 0 aromatic carbocycles. The Morgan fingerprint density at radius 1 is 0.145 bits per heavy atom. The van der Waals surface area contributed by atoms with Crippen LogP contribution in [0.25, 0.3) is 0 Å². The lowest BCUT2D eigenvalue weighted by Gasteiger charge is -2.31. The van der Waals surface area contributed by atoms with Gasteiger partial charge in [0, 0.05) is 0 Å². The van der Waals surface area contributed by atoms with E-state index in [9.17, 15) is 0 Å². The SMILES string of the molecule is CC(C)(C)CC1CC1.CC(C)(C)CC1CC1.CC(C)(C)CC1CCC1.CC(C)(C)CC1CCC1.CC(C)(C)CC1CCCC1.CC(C)(C)CC1CCCC1.CC(C)(C)CC1CCCCC1.CC(C)(C)CC1CCCCC1. The summed E-state index contributed by atoms with van der Waals surface area (Å²) in [5.41, 5.74) is 4.56. The first-order chi connectivity index (χ1) is 34.6. The van der Waals surface area contributed by atoms with Crippen molar-refractivity contribution in [2.75, 3.05) is 0 Å². The summed E-state index contributed by atoms with van der Waals surface area (Å²) in [7, 11) is 0. The molecule has 0 atom stereocenters. The zero-order valence-corrected chi connectivity index (χ0v) is 58.1. The molecular weight excluding hydrogens is 913 g/mol. The molecule has 0 radical (unpaired) electrons. The molecule has 0 heteroatoms. The van der Waals surface area contributed by atoms with Crippen molar-refractivity contribution in [2.24, 2.45) is 90.7 Å². The van der Waals surface area contributed by atoms with E-state index in [1.807, 2.05) is 0 Å². The Kier molecular flexibility index (Phi) is 34.3. The summed E-state index contributed by atoms with van der Waals surface area (Å²) in [5, 5.41) is 0. The lowest BCUT2D eigenvalue weighted by atomic mass is 9.74. The molecule has 8 aliphatic carbocycles. The van der Waals surface area contributed by atoms with Crippen molar-refractivity contribution < 1.29 is 0 Å². The summed E-state index contributed by atoms with van der Waals surface area (Å²) in [5.74, 6) is 8.53. The fourth-order valence-corrected chi connectivity index (χ4v) is 14.2. The Morgan fingerprint density at radius 2 is 0.250 bits per heavy atom. The molecule has 0 nitrogen and oxygen atoms in total. The van der Waals surface area contributed by atoms with Crippen molar-refractivity contribution in [2.45, 2.75) is 397 Å². The largest absolute Gasteiger partial charge is 0.0602 e. The molecule has 8 rings (SSSR count). The first-order valence-electron chi connectivity index (χ1n) is 34.6. The second kappa shape index (κ2) is 35.2. The van der Waals surface area contributed by atoms with E-state index in [1.54, 1.807) is 0 Å². The van der Waals surface area contributed by atoms with Crippen molar-refractivity contribution in [1.29, 1.82) is 0 Å². The molecule has 0 aromatic rings. The van der Waals surface area contributed by atoms with E-state index < -0.39 is 0 Å². The Hall–Kier alpha value is 0. The first-order valence-corrected chi connectivity index (χ1v) is 34.6. The quantitative estimate of drug-likeness (QED) is 0.227. The van der Waals surface area contributed by atoms with Gasteiger partial charge in [0.05, 0.1) is 0 Å². The third-order valence-electron chi connectivity index (χ3n) is 17.5. The predicted octanol–water partition coefficient (Wildman–Crippen LogP) is 27.3.